The van der Waals surface area contributed by atoms with Crippen molar-refractivity contribution in [3.63, 3.8) is 0 Å². The number of benzene rings is 2. The lowest BCUT2D eigenvalue weighted by Crippen LogP contribution is -2.53. The Morgan fingerprint density at radius 3 is 2.28 bits per heavy atom. The zero-order chi connectivity index (χ0) is 29.0. The highest BCUT2D eigenvalue weighted by Crippen LogP contribution is 2.29. The van der Waals surface area contributed by atoms with Crippen molar-refractivity contribution in [2.24, 2.45) is 0 Å². The van der Waals surface area contributed by atoms with Crippen molar-refractivity contribution in [3.05, 3.63) is 59.9 Å². The highest BCUT2D eigenvalue weighted by atomic mass is 32.2. The predicted octanol–water partition coefficient (Wildman–Crippen LogP) is 3.02. The number of esters is 1. The predicted molar refractivity (Wildman–Crippen MR) is 144 cm³/mol. The summed E-state index contributed by atoms with van der Waals surface area (Å²) in [7, 11) is -0.980. The lowest BCUT2D eigenvalue weighted by molar-refractivity contribution is -0.158. The van der Waals surface area contributed by atoms with Gasteiger partial charge in [0.05, 0.1) is 10.8 Å². The second-order valence-corrected chi connectivity index (χ2v) is 13.0. The SMILES string of the molecule is CN(C)C(=O)Oc1ccc(C[C@H](NC(=O)[C@@H]2CSCN2S(=O)(=O)c2ccc(F)cc2)C(=O)OC(C)(C)C)cc1. The van der Waals surface area contributed by atoms with Crippen LogP contribution in [0, 0.1) is 5.82 Å². The first-order valence-corrected chi connectivity index (χ1v) is 14.6. The molecule has 0 radical (unpaired) electrons. The van der Waals surface area contributed by atoms with E-state index >= 15 is 0 Å². The molecule has 0 saturated carbocycles. The van der Waals surface area contributed by atoms with Gasteiger partial charge in [-0.05, 0) is 62.7 Å². The first-order chi connectivity index (χ1) is 18.2. The lowest BCUT2D eigenvalue weighted by atomic mass is 10.0. The fourth-order valence-electron chi connectivity index (χ4n) is 3.57. The van der Waals surface area contributed by atoms with E-state index in [0.29, 0.717) is 11.3 Å². The maximum Gasteiger partial charge on any atom is 0.414 e. The third kappa shape index (κ3) is 8.16. The average Bonchev–Trinajstić information content (AvgIpc) is 3.35. The number of amides is 2. The van der Waals surface area contributed by atoms with Gasteiger partial charge in [0.25, 0.3) is 0 Å². The Labute approximate surface area is 231 Å². The minimum absolute atomic E-state index is 0.0298. The zero-order valence-electron chi connectivity index (χ0n) is 22.3. The summed E-state index contributed by atoms with van der Waals surface area (Å²) in [6.07, 6.45) is -0.496. The van der Waals surface area contributed by atoms with Crippen LogP contribution in [0.1, 0.15) is 26.3 Å². The molecule has 39 heavy (non-hydrogen) atoms. The monoisotopic (exact) mass is 581 g/mol. The Kier molecular flexibility index (Phi) is 9.62. The second kappa shape index (κ2) is 12.3. The van der Waals surface area contributed by atoms with Gasteiger partial charge in [0, 0.05) is 26.3 Å². The average molecular weight is 582 g/mol. The number of hydrogen-bond donors (Lipinski definition) is 1. The minimum atomic E-state index is -4.09. The minimum Gasteiger partial charge on any atom is -0.458 e. The standard InChI is InChI=1S/C26H32FN3O7S2/c1-26(2,3)37-24(32)21(14-17-6-10-19(11-7-17)36-25(33)29(4)5)28-23(31)22-15-38-16-30(22)39(34,35)20-12-8-18(27)9-13-20/h6-13,21-22H,14-16H2,1-5H3,(H,28,31)/t21-,22-/m0/s1. The summed E-state index contributed by atoms with van der Waals surface area (Å²) in [5.41, 5.74) is -0.182. The number of thioether (sulfide) groups is 1. The Morgan fingerprint density at radius 2 is 1.72 bits per heavy atom. The molecule has 0 aliphatic carbocycles. The highest BCUT2D eigenvalue weighted by molar-refractivity contribution is 8.00. The molecule has 212 valence electrons. The number of halogens is 1. The van der Waals surface area contributed by atoms with Crippen molar-refractivity contribution in [3.8, 4) is 5.75 Å². The van der Waals surface area contributed by atoms with Crippen molar-refractivity contribution in [1.29, 1.82) is 0 Å². The first-order valence-electron chi connectivity index (χ1n) is 12.0. The van der Waals surface area contributed by atoms with Gasteiger partial charge in [-0.1, -0.05) is 12.1 Å². The van der Waals surface area contributed by atoms with Gasteiger partial charge in [-0.3, -0.25) is 4.79 Å². The molecule has 1 N–H and O–H groups in total. The molecule has 2 aromatic carbocycles. The van der Waals surface area contributed by atoms with Gasteiger partial charge >= 0.3 is 12.1 Å². The molecule has 2 atom stereocenters. The van der Waals surface area contributed by atoms with Crippen molar-refractivity contribution >= 4 is 39.8 Å². The Balaban J connectivity index is 1.79. The Hall–Kier alpha value is -3.16. The van der Waals surface area contributed by atoms with Crippen molar-refractivity contribution in [2.75, 3.05) is 25.7 Å². The van der Waals surface area contributed by atoms with E-state index in [2.05, 4.69) is 5.32 Å². The summed E-state index contributed by atoms with van der Waals surface area (Å²) < 4.78 is 51.5. The van der Waals surface area contributed by atoms with E-state index in [0.717, 1.165) is 28.6 Å². The number of carbonyl (C=O) groups is 3. The topological polar surface area (TPSA) is 122 Å². The van der Waals surface area contributed by atoms with Crippen LogP contribution < -0.4 is 10.1 Å². The van der Waals surface area contributed by atoms with Crippen LogP contribution in [0.3, 0.4) is 0 Å². The molecular formula is C26H32FN3O7S2. The summed E-state index contributed by atoms with van der Waals surface area (Å²) in [5.74, 6) is -1.40. The Morgan fingerprint density at radius 1 is 1.10 bits per heavy atom. The molecule has 3 rings (SSSR count). The summed E-state index contributed by atoms with van der Waals surface area (Å²) in [4.78, 5) is 39.3. The van der Waals surface area contributed by atoms with Crippen LogP contribution in [0.4, 0.5) is 9.18 Å². The number of carbonyl (C=O) groups excluding carboxylic acids is 3. The van der Waals surface area contributed by atoms with E-state index in [1.54, 1.807) is 59.1 Å². The molecule has 0 unspecified atom stereocenters. The molecule has 2 amide bonds. The summed E-state index contributed by atoms with van der Waals surface area (Å²) in [5, 5.41) is 2.67. The fraction of sp³-hybridized carbons (Fsp3) is 0.423. The number of sulfonamides is 1. The van der Waals surface area contributed by atoms with Crippen molar-refractivity contribution in [1.82, 2.24) is 14.5 Å². The quantitative estimate of drug-likeness (QED) is 0.472. The molecule has 1 heterocycles. The zero-order valence-corrected chi connectivity index (χ0v) is 24.0. The molecule has 1 aliphatic rings. The fourth-order valence-corrected chi connectivity index (χ4v) is 6.72. The molecule has 0 aromatic heterocycles. The Bertz CT molecular complexity index is 1290. The van der Waals surface area contributed by atoms with E-state index < -0.39 is 51.5 Å². The van der Waals surface area contributed by atoms with Crippen LogP contribution in [0.2, 0.25) is 0 Å². The van der Waals surface area contributed by atoms with Crippen molar-refractivity contribution < 1.29 is 36.7 Å². The molecule has 1 fully saturated rings. The summed E-state index contributed by atoms with van der Waals surface area (Å²) in [6, 6.07) is 8.60. The van der Waals surface area contributed by atoms with Gasteiger partial charge in [0.15, 0.2) is 0 Å². The largest absolute Gasteiger partial charge is 0.458 e. The van der Waals surface area contributed by atoms with Gasteiger partial charge in [0.1, 0.15) is 29.3 Å². The molecular weight excluding hydrogens is 549 g/mol. The van der Waals surface area contributed by atoms with Crippen LogP contribution in [0.5, 0.6) is 5.75 Å². The van der Waals surface area contributed by atoms with Crippen LogP contribution >= 0.6 is 11.8 Å². The molecule has 1 aliphatic heterocycles. The maximum absolute atomic E-state index is 13.3. The van der Waals surface area contributed by atoms with Gasteiger partial charge in [0.2, 0.25) is 15.9 Å². The number of nitrogens with one attached hydrogen (secondary N) is 1. The summed E-state index contributed by atoms with van der Waals surface area (Å²) >= 11 is 1.25. The van der Waals surface area contributed by atoms with Crippen LogP contribution in [-0.2, 0) is 30.8 Å². The summed E-state index contributed by atoms with van der Waals surface area (Å²) in [6.45, 7) is 5.09. The van der Waals surface area contributed by atoms with E-state index in [4.69, 9.17) is 9.47 Å². The van der Waals surface area contributed by atoms with E-state index in [1.165, 1.54) is 16.7 Å². The molecule has 0 spiro atoms. The number of ether oxygens (including phenoxy) is 2. The third-order valence-electron chi connectivity index (χ3n) is 5.51. The van der Waals surface area contributed by atoms with Gasteiger partial charge in [-0.25, -0.2) is 22.4 Å². The molecule has 13 heteroatoms. The first kappa shape index (κ1) is 30.4. The van der Waals surface area contributed by atoms with Gasteiger partial charge in [-0.15, -0.1) is 11.8 Å². The lowest BCUT2D eigenvalue weighted by Gasteiger charge is -2.27. The smallest absolute Gasteiger partial charge is 0.414 e. The third-order valence-corrected chi connectivity index (χ3v) is 8.55. The van der Waals surface area contributed by atoms with Crippen LogP contribution in [0.15, 0.2) is 53.4 Å². The van der Waals surface area contributed by atoms with Gasteiger partial charge < -0.3 is 19.7 Å². The number of nitrogens with zero attached hydrogens (tertiary/aromatic N) is 2. The van der Waals surface area contributed by atoms with Gasteiger partial charge in [-0.2, -0.15) is 4.31 Å². The van der Waals surface area contributed by atoms with Crippen LogP contribution in [0.25, 0.3) is 0 Å². The normalized spacial score (nSPS) is 16.8. The second-order valence-electron chi connectivity index (χ2n) is 10.1. The molecule has 2 aromatic rings. The van der Waals surface area contributed by atoms with E-state index in [-0.39, 0.29) is 22.9 Å². The molecule has 10 nitrogen and oxygen atoms in total. The molecule has 0 bridgehead atoms. The number of hydrogen-bond acceptors (Lipinski definition) is 8. The molecule has 1 saturated heterocycles. The van der Waals surface area contributed by atoms with E-state index in [1.807, 2.05) is 0 Å². The van der Waals surface area contributed by atoms with E-state index in [9.17, 15) is 27.2 Å². The maximum atomic E-state index is 13.3. The number of rotatable bonds is 8. The highest BCUT2D eigenvalue weighted by Gasteiger charge is 2.41. The van der Waals surface area contributed by atoms with Crippen LogP contribution in [-0.4, -0.2) is 79.0 Å². The van der Waals surface area contributed by atoms with Crippen molar-refractivity contribution in [2.45, 2.75) is 49.8 Å².